The minimum absolute atomic E-state index is 0.0288. The van der Waals surface area contributed by atoms with Gasteiger partial charge >= 0.3 is 0 Å². The lowest BCUT2D eigenvalue weighted by atomic mass is 9.66. The van der Waals surface area contributed by atoms with E-state index in [0.717, 1.165) is 12.8 Å². The Hall–Kier alpha value is -2.19. The van der Waals surface area contributed by atoms with E-state index >= 15 is 0 Å². The van der Waals surface area contributed by atoms with Crippen LogP contribution in [0, 0.1) is 11.8 Å². The van der Waals surface area contributed by atoms with Crippen molar-refractivity contribution in [3.63, 3.8) is 0 Å². The maximum atomic E-state index is 14.0. The Bertz CT molecular complexity index is 816. The summed E-state index contributed by atoms with van der Waals surface area (Å²) < 4.78 is 6.59. The fourth-order valence-electron chi connectivity index (χ4n) is 6.31. The number of likely N-dealkylation sites (N-methyl/N-ethyl adjacent to an activating group) is 1. The average molecular weight is 462 g/mol. The van der Waals surface area contributed by atoms with Gasteiger partial charge in [-0.2, -0.15) is 0 Å². The minimum Gasteiger partial charge on any atom is -0.395 e. The molecule has 8 heteroatoms. The van der Waals surface area contributed by atoms with Crippen LogP contribution in [0.4, 0.5) is 0 Å². The van der Waals surface area contributed by atoms with E-state index in [1.54, 1.807) is 29.0 Å². The van der Waals surface area contributed by atoms with Gasteiger partial charge in [0.25, 0.3) is 0 Å². The Morgan fingerprint density at radius 3 is 2.52 bits per heavy atom. The molecule has 3 amide bonds. The Morgan fingerprint density at radius 2 is 1.94 bits per heavy atom. The number of amides is 3. The van der Waals surface area contributed by atoms with Crippen molar-refractivity contribution in [3.05, 3.63) is 25.3 Å². The molecule has 3 unspecified atom stereocenters. The summed E-state index contributed by atoms with van der Waals surface area (Å²) in [5.74, 6) is -2.07. The molecule has 0 aliphatic carbocycles. The molecular formula is C25H39N3O5. The van der Waals surface area contributed by atoms with Crippen LogP contribution in [0.3, 0.4) is 0 Å². The maximum absolute atomic E-state index is 14.0. The molecule has 3 saturated heterocycles. The lowest BCUT2D eigenvalue weighted by Crippen LogP contribution is -2.58. The second-order valence-corrected chi connectivity index (χ2v) is 9.91. The lowest BCUT2D eigenvalue weighted by molar-refractivity contribution is -0.154. The van der Waals surface area contributed by atoms with Crippen LogP contribution in [0.25, 0.3) is 0 Å². The summed E-state index contributed by atoms with van der Waals surface area (Å²) in [5.41, 5.74) is -1.88. The van der Waals surface area contributed by atoms with Crippen molar-refractivity contribution in [2.75, 3.05) is 33.3 Å². The first kappa shape index (κ1) is 25.4. The predicted octanol–water partition coefficient (Wildman–Crippen LogP) is 1.59. The quantitative estimate of drug-likeness (QED) is 0.472. The molecular weight excluding hydrogens is 422 g/mol. The average Bonchev–Trinajstić information content (AvgIpc) is 3.33. The summed E-state index contributed by atoms with van der Waals surface area (Å²) in [6.45, 7) is 14.0. The number of rotatable bonds is 11. The third-order valence-corrected chi connectivity index (χ3v) is 7.74. The summed E-state index contributed by atoms with van der Waals surface area (Å²) in [6, 6.07) is -0.905. The smallest absolute Gasteiger partial charge is 0.248 e. The van der Waals surface area contributed by atoms with E-state index in [1.165, 1.54) is 4.90 Å². The molecule has 6 atom stereocenters. The molecule has 1 N–H and O–H groups in total. The van der Waals surface area contributed by atoms with Gasteiger partial charge in [0.1, 0.15) is 11.6 Å². The van der Waals surface area contributed by atoms with Gasteiger partial charge in [0.2, 0.25) is 17.7 Å². The van der Waals surface area contributed by atoms with Crippen molar-refractivity contribution in [2.45, 2.75) is 69.7 Å². The van der Waals surface area contributed by atoms with E-state index in [9.17, 15) is 19.5 Å². The van der Waals surface area contributed by atoms with Crippen molar-refractivity contribution in [1.82, 2.24) is 14.7 Å². The summed E-state index contributed by atoms with van der Waals surface area (Å²) in [5, 5.41) is 9.73. The molecule has 0 aromatic carbocycles. The van der Waals surface area contributed by atoms with Gasteiger partial charge in [-0.25, -0.2) is 0 Å². The normalized spacial score (nSPS) is 33.1. The largest absolute Gasteiger partial charge is 0.395 e. The maximum Gasteiger partial charge on any atom is 0.248 e. The van der Waals surface area contributed by atoms with Crippen molar-refractivity contribution in [2.24, 2.45) is 11.8 Å². The lowest BCUT2D eigenvalue weighted by Gasteiger charge is -2.38. The Balaban J connectivity index is 2.06. The van der Waals surface area contributed by atoms with Gasteiger partial charge in [-0.05, 0) is 33.1 Å². The van der Waals surface area contributed by atoms with E-state index in [-0.39, 0.29) is 36.9 Å². The van der Waals surface area contributed by atoms with E-state index in [1.807, 2.05) is 13.8 Å². The molecule has 2 bridgehead atoms. The molecule has 0 saturated carbocycles. The van der Waals surface area contributed by atoms with Gasteiger partial charge in [-0.15, -0.1) is 13.2 Å². The number of aliphatic hydroxyl groups is 1. The molecule has 1 spiro atoms. The third-order valence-electron chi connectivity index (χ3n) is 7.74. The highest BCUT2D eigenvalue weighted by molar-refractivity contribution is 5.99. The molecule has 0 aromatic rings. The number of aliphatic hydroxyl groups excluding tert-OH is 1. The summed E-state index contributed by atoms with van der Waals surface area (Å²) in [4.78, 5) is 46.0. The van der Waals surface area contributed by atoms with E-state index < -0.39 is 29.1 Å². The van der Waals surface area contributed by atoms with Crippen molar-refractivity contribution < 1.29 is 24.2 Å². The summed E-state index contributed by atoms with van der Waals surface area (Å²) in [7, 11) is 1.69. The van der Waals surface area contributed by atoms with Gasteiger partial charge in [0.05, 0.1) is 24.0 Å². The molecule has 33 heavy (non-hydrogen) atoms. The van der Waals surface area contributed by atoms with Crippen LogP contribution in [0.1, 0.15) is 46.5 Å². The first-order valence-electron chi connectivity index (χ1n) is 12.0. The van der Waals surface area contributed by atoms with Crippen LogP contribution in [0.5, 0.6) is 0 Å². The van der Waals surface area contributed by atoms with Crippen LogP contribution < -0.4 is 0 Å². The molecule has 3 rings (SSSR count). The molecule has 0 aromatic heterocycles. The highest BCUT2D eigenvalue weighted by atomic mass is 16.5. The Morgan fingerprint density at radius 1 is 1.27 bits per heavy atom. The number of likely N-dealkylation sites (tertiary alicyclic amines) is 1. The van der Waals surface area contributed by atoms with Gasteiger partial charge < -0.3 is 24.5 Å². The number of hydrogen-bond donors (Lipinski definition) is 1. The zero-order valence-electron chi connectivity index (χ0n) is 20.5. The van der Waals surface area contributed by atoms with Gasteiger partial charge in [-0.3, -0.25) is 14.4 Å². The monoisotopic (exact) mass is 461 g/mol. The third kappa shape index (κ3) is 3.91. The predicted molar refractivity (Wildman–Crippen MR) is 125 cm³/mol. The van der Waals surface area contributed by atoms with Gasteiger partial charge in [0.15, 0.2) is 0 Å². The molecule has 0 radical (unpaired) electrons. The highest BCUT2D eigenvalue weighted by Crippen LogP contribution is 2.63. The zero-order chi connectivity index (χ0) is 24.6. The minimum atomic E-state index is -1.07. The fraction of sp³-hybridized carbons (Fsp3) is 0.720. The second-order valence-electron chi connectivity index (χ2n) is 9.91. The first-order chi connectivity index (χ1) is 15.6. The molecule has 184 valence electrons. The summed E-state index contributed by atoms with van der Waals surface area (Å²) in [6.07, 6.45) is 6.20. The van der Waals surface area contributed by atoms with E-state index in [0.29, 0.717) is 25.9 Å². The molecule has 3 fully saturated rings. The van der Waals surface area contributed by atoms with Crippen LogP contribution in [0.15, 0.2) is 25.3 Å². The van der Waals surface area contributed by atoms with Gasteiger partial charge in [-0.1, -0.05) is 25.5 Å². The molecule has 3 aliphatic heterocycles. The van der Waals surface area contributed by atoms with Crippen LogP contribution in [-0.2, 0) is 19.1 Å². The van der Waals surface area contributed by atoms with Crippen molar-refractivity contribution in [3.8, 4) is 0 Å². The topological polar surface area (TPSA) is 90.4 Å². The molecule has 3 aliphatic rings. The van der Waals surface area contributed by atoms with Crippen molar-refractivity contribution in [1.29, 1.82) is 0 Å². The Labute approximate surface area is 197 Å². The highest BCUT2D eigenvalue weighted by Gasteiger charge is 2.78. The number of ether oxygens (including phenoxy) is 1. The number of β-amino-alcohol motifs (C(OH)–C–C–N with tert-alkyl or cyclic N) is 1. The van der Waals surface area contributed by atoms with Crippen LogP contribution in [0.2, 0.25) is 0 Å². The number of carbonyl (C=O) groups is 3. The standard InChI is InChI=1S/C25H39N3O5/c1-7-10-17(4)27(14-9-3)23(32)20-25-12-11-24(5,33-25)18(21(30)26(6)13-8-2)19(25)22(31)28(20)15-16-29/h8-9,17-20,29H,2-3,7,10-16H2,1,4-6H3/t17?,18-,19+,20?,24+,25?/m1/s1. The van der Waals surface area contributed by atoms with E-state index in [2.05, 4.69) is 20.1 Å². The SMILES string of the molecule is C=CCN(C)C(=O)[C@H]1[C@H]2C(=O)N(CCO)C(C(=O)N(CC=C)C(C)CCC)C23CC[C@]1(C)O3. The first-order valence-corrected chi connectivity index (χ1v) is 12.0. The molecule has 8 nitrogen and oxygen atoms in total. The second kappa shape index (κ2) is 9.58. The number of nitrogens with zero attached hydrogens (tertiary/aromatic N) is 3. The number of carbonyl (C=O) groups excluding carboxylic acids is 3. The van der Waals surface area contributed by atoms with Crippen molar-refractivity contribution >= 4 is 17.7 Å². The molecule has 3 heterocycles. The fourth-order valence-corrected chi connectivity index (χ4v) is 6.31. The number of hydrogen-bond acceptors (Lipinski definition) is 5. The zero-order valence-corrected chi connectivity index (χ0v) is 20.5. The summed E-state index contributed by atoms with van der Waals surface area (Å²) >= 11 is 0. The number of fused-ring (bicyclic) bond motifs is 1. The van der Waals surface area contributed by atoms with E-state index in [4.69, 9.17) is 4.74 Å². The van der Waals surface area contributed by atoms with Crippen LogP contribution in [-0.4, -0.2) is 94.1 Å². The Kier molecular flexibility index (Phi) is 7.39. The van der Waals surface area contributed by atoms with Gasteiger partial charge in [0, 0.05) is 32.7 Å². The van der Waals surface area contributed by atoms with Crippen LogP contribution >= 0.6 is 0 Å².